The number of nitrogens with one attached hydrogen (secondary N) is 2. The van der Waals surface area contributed by atoms with E-state index in [1.165, 1.54) is 12.5 Å². The second-order valence-electron chi connectivity index (χ2n) is 5.09. The zero-order chi connectivity index (χ0) is 18.9. The van der Waals surface area contributed by atoms with Crippen LogP contribution in [0.2, 0.25) is 0 Å². The van der Waals surface area contributed by atoms with Crippen LogP contribution in [0.15, 0.2) is 30.7 Å². The standard InChI is InChI=1S/C14H9F6N5O/c15-13(16,17)5-26-10-2-1-7(3-9(10)14(18,19)20)24-11-8-4-23-25-12(8)22-6-21-11/h1-4,6H,5H2,(H2,21,22,23,24,25). The zero-order valence-corrected chi connectivity index (χ0v) is 12.6. The smallest absolute Gasteiger partial charge is 0.422 e. The van der Waals surface area contributed by atoms with E-state index in [9.17, 15) is 26.3 Å². The van der Waals surface area contributed by atoms with Gasteiger partial charge in [0.1, 0.15) is 17.9 Å². The third-order valence-electron chi connectivity index (χ3n) is 3.19. The molecule has 2 N–H and O–H groups in total. The van der Waals surface area contributed by atoms with Gasteiger partial charge in [-0.1, -0.05) is 0 Å². The first-order valence-electron chi connectivity index (χ1n) is 6.95. The Morgan fingerprint density at radius 2 is 1.85 bits per heavy atom. The second-order valence-corrected chi connectivity index (χ2v) is 5.09. The van der Waals surface area contributed by atoms with Gasteiger partial charge >= 0.3 is 12.4 Å². The lowest BCUT2D eigenvalue weighted by molar-refractivity contribution is -0.158. The van der Waals surface area contributed by atoms with Crippen molar-refractivity contribution < 1.29 is 31.1 Å². The summed E-state index contributed by atoms with van der Waals surface area (Å²) in [4.78, 5) is 7.80. The fourth-order valence-electron chi connectivity index (χ4n) is 2.12. The maximum Gasteiger partial charge on any atom is 0.422 e. The van der Waals surface area contributed by atoms with E-state index in [1.807, 2.05) is 0 Å². The molecule has 0 amide bonds. The van der Waals surface area contributed by atoms with Crippen LogP contribution in [0.3, 0.4) is 0 Å². The fourth-order valence-corrected chi connectivity index (χ4v) is 2.12. The highest BCUT2D eigenvalue weighted by molar-refractivity contribution is 5.87. The lowest BCUT2D eigenvalue weighted by atomic mass is 10.1. The summed E-state index contributed by atoms with van der Waals surface area (Å²) in [6.45, 7) is -1.83. The van der Waals surface area contributed by atoms with Gasteiger partial charge in [-0.3, -0.25) is 5.10 Å². The van der Waals surface area contributed by atoms with Gasteiger partial charge in [-0.25, -0.2) is 9.97 Å². The molecule has 0 radical (unpaired) electrons. The zero-order valence-electron chi connectivity index (χ0n) is 12.6. The van der Waals surface area contributed by atoms with E-state index in [0.717, 1.165) is 12.1 Å². The van der Waals surface area contributed by atoms with Gasteiger partial charge in [0.25, 0.3) is 0 Å². The van der Waals surface area contributed by atoms with Crippen molar-refractivity contribution in [2.45, 2.75) is 12.4 Å². The van der Waals surface area contributed by atoms with Crippen LogP contribution in [0.25, 0.3) is 11.0 Å². The quantitative estimate of drug-likeness (QED) is 0.671. The van der Waals surface area contributed by atoms with Gasteiger partial charge in [0.15, 0.2) is 12.3 Å². The molecule has 0 bridgehead atoms. The molecule has 3 rings (SSSR count). The summed E-state index contributed by atoms with van der Waals surface area (Å²) in [6.07, 6.45) is -7.11. The number of alkyl halides is 6. The van der Waals surface area contributed by atoms with Crippen LogP contribution in [0.4, 0.5) is 37.8 Å². The largest absolute Gasteiger partial charge is 0.483 e. The molecule has 0 aliphatic carbocycles. The highest BCUT2D eigenvalue weighted by Gasteiger charge is 2.36. The summed E-state index contributed by atoms with van der Waals surface area (Å²) in [6, 6.07) is 2.60. The van der Waals surface area contributed by atoms with Crippen molar-refractivity contribution in [2.75, 3.05) is 11.9 Å². The summed E-state index contributed by atoms with van der Waals surface area (Å²) in [7, 11) is 0. The van der Waals surface area contributed by atoms with Crippen molar-refractivity contribution in [3.8, 4) is 5.75 Å². The summed E-state index contributed by atoms with van der Waals surface area (Å²) < 4.78 is 80.4. The molecule has 6 nitrogen and oxygen atoms in total. The molecule has 0 saturated heterocycles. The third-order valence-corrected chi connectivity index (χ3v) is 3.19. The molecule has 0 fully saturated rings. The van der Waals surface area contributed by atoms with Crippen LogP contribution in [-0.4, -0.2) is 32.9 Å². The van der Waals surface area contributed by atoms with Crippen LogP contribution < -0.4 is 10.1 Å². The van der Waals surface area contributed by atoms with Crippen LogP contribution >= 0.6 is 0 Å². The van der Waals surface area contributed by atoms with Crippen molar-refractivity contribution in [3.63, 3.8) is 0 Å². The SMILES string of the molecule is FC(F)(F)COc1ccc(Nc2ncnc3[nH]ncc23)cc1C(F)(F)F. The van der Waals surface area contributed by atoms with Crippen molar-refractivity contribution in [1.82, 2.24) is 20.2 Å². The summed E-state index contributed by atoms with van der Waals surface area (Å²) in [5.74, 6) is -0.739. The number of aromatic nitrogens is 4. The number of aromatic amines is 1. The topological polar surface area (TPSA) is 75.7 Å². The molecule has 1 aromatic carbocycles. The van der Waals surface area contributed by atoms with Crippen LogP contribution in [0.5, 0.6) is 5.75 Å². The van der Waals surface area contributed by atoms with E-state index in [1.54, 1.807) is 0 Å². The van der Waals surface area contributed by atoms with Crippen LogP contribution in [0.1, 0.15) is 5.56 Å². The number of benzene rings is 1. The van der Waals surface area contributed by atoms with E-state index >= 15 is 0 Å². The first-order chi connectivity index (χ1) is 12.1. The Hall–Kier alpha value is -3.05. The minimum atomic E-state index is -4.91. The Morgan fingerprint density at radius 3 is 2.54 bits per heavy atom. The first-order valence-corrected chi connectivity index (χ1v) is 6.95. The molecule has 2 heterocycles. The average Bonchev–Trinajstić information content (AvgIpc) is 3.01. The first kappa shape index (κ1) is 17.8. The van der Waals surface area contributed by atoms with E-state index < -0.39 is 30.3 Å². The molecule has 0 aliphatic heterocycles. The molecule has 3 aromatic rings. The number of ether oxygens (including phenoxy) is 1. The Morgan fingerprint density at radius 1 is 1.08 bits per heavy atom. The van der Waals surface area contributed by atoms with Gasteiger partial charge in [0.05, 0.1) is 17.1 Å². The highest BCUT2D eigenvalue weighted by Crippen LogP contribution is 2.39. The number of halogens is 6. The van der Waals surface area contributed by atoms with Crippen LogP contribution in [-0.2, 0) is 6.18 Å². The molecule has 0 aliphatic rings. The Balaban J connectivity index is 1.92. The van der Waals surface area contributed by atoms with Gasteiger partial charge in [0.2, 0.25) is 0 Å². The summed E-state index contributed by atoms with van der Waals surface area (Å²) in [5.41, 5.74) is -1.02. The van der Waals surface area contributed by atoms with E-state index in [4.69, 9.17) is 0 Å². The predicted molar refractivity (Wildman–Crippen MR) is 78.0 cm³/mol. The average molecular weight is 377 g/mol. The minimum absolute atomic E-state index is 0.0436. The molecular weight excluding hydrogens is 368 g/mol. The Labute approximate surface area is 141 Å². The summed E-state index contributed by atoms with van der Waals surface area (Å²) >= 11 is 0. The molecule has 2 aromatic heterocycles. The van der Waals surface area contributed by atoms with E-state index in [2.05, 4.69) is 30.2 Å². The van der Waals surface area contributed by atoms with Gasteiger partial charge in [-0.15, -0.1) is 0 Å². The maximum absolute atomic E-state index is 13.2. The molecule has 0 spiro atoms. The number of H-pyrrole nitrogens is 1. The number of hydrogen-bond donors (Lipinski definition) is 2. The van der Waals surface area contributed by atoms with Gasteiger partial charge < -0.3 is 10.1 Å². The number of fused-ring (bicyclic) bond motifs is 1. The predicted octanol–water partition coefficient (Wildman–Crippen LogP) is 4.06. The normalized spacial score (nSPS) is 12.4. The molecular formula is C14H9F6N5O. The fraction of sp³-hybridized carbons (Fsp3) is 0.214. The number of nitrogens with zero attached hydrogens (tertiary/aromatic N) is 3. The van der Waals surface area contributed by atoms with E-state index in [0.29, 0.717) is 17.1 Å². The molecule has 12 heteroatoms. The monoisotopic (exact) mass is 377 g/mol. The summed E-state index contributed by atoms with van der Waals surface area (Å²) in [5, 5.41) is 9.41. The maximum atomic E-state index is 13.2. The Kier molecular flexibility index (Phi) is 4.34. The van der Waals surface area contributed by atoms with Gasteiger partial charge in [0, 0.05) is 5.69 Å². The second kappa shape index (κ2) is 6.35. The van der Waals surface area contributed by atoms with Crippen molar-refractivity contribution in [2.24, 2.45) is 0 Å². The van der Waals surface area contributed by atoms with Crippen molar-refractivity contribution in [1.29, 1.82) is 0 Å². The lowest BCUT2D eigenvalue weighted by Gasteiger charge is -2.16. The van der Waals surface area contributed by atoms with Crippen molar-refractivity contribution >= 4 is 22.5 Å². The molecule has 0 atom stereocenters. The van der Waals surface area contributed by atoms with Crippen molar-refractivity contribution in [3.05, 3.63) is 36.3 Å². The molecule has 138 valence electrons. The third kappa shape index (κ3) is 3.95. The highest BCUT2D eigenvalue weighted by atomic mass is 19.4. The number of anilines is 2. The van der Waals surface area contributed by atoms with E-state index in [-0.39, 0.29) is 11.5 Å². The Bertz CT molecular complexity index is 920. The molecule has 0 unspecified atom stereocenters. The minimum Gasteiger partial charge on any atom is -0.483 e. The van der Waals surface area contributed by atoms with Gasteiger partial charge in [-0.05, 0) is 18.2 Å². The molecule has 26 heavy (non-hydrogen) atoms. The number of hydrogen-bond acceptors (Lipinski definition) is 5. The number of rotatable bonds is 4. The van der Waals surface area contributed by atoms with Gasteiger partial charge in [-0.2, -0.15) is 31.4 Å². The molecule has 0 saturated carbocycles. The van der Waals surface area contributed by atoms with Crippen LogP contribution in [0, 0.1) is 0 Å². The lowest BCUT2D eigenvalue weighted by Crippen LogP contribution is -2.21.